The van der Waals surface area contributed by atoms with E-state index in [9.17, 15) is 14.4 Å². The second-order valence-electron chi connectivity index (χ2n) is 8.61. The molecule has 2 aromatic carbocycles. The molecule has 1 unspecified atom stereocenters. The third kappa shape index (κ3) is 4.04. The fourth-order valence-corrected chi connectivity index (χ4v) is 5.37. The molecule has 8 heteroatoms. The van der Waals surface area contributed by atoms with Crippen LogP contribution in [0.2, 0.25) is 0 Å². The molecule has 2 aromatic rings. The minimum absolute atomic E-state index is 0.122. The topological polar surface area (TPSA) is 73.0 Å². The summed E-state index contributed by atoms with van der Waals surface area (Å²) in [7, 11) is 0. The summed E-state index contributed by atoms with van der Waals surface area (Å²) in [4.78, 5) is 43.0. The van der Waals surface area contributed by atoms with Gasteiger partial charge in [-0.2, -0.15) is 0 Å². The van der Waals surface area contributed by atoms with Gasteiger partial charge in [0.15, 0.2) is 0 Å². The second kappa shape index (κ2) is 8.67. The number of anilines is 1. The van der Waals surface area contributed by atoms with Gasteiger partial charge in [-0.15, -0.1) is 0 Å². The predicted molar refractivity (Wildman–Crippen MR) is 124 cm³/mol. The quantitative estimate of drug-likeness (QED) is 0.658. The van der Waals surface area contributed by atoms with Crippen molar-refractivity contribution in [3.8, 4) is 0 Å². The molecule has 0 bridgehead atoms. The lowest BCUT2D eigenvalue weighted by Gasteiger charge is -2.36. The Morgan fingerprint density at radius 3 is 2.53 bits per heavy atom. The average Bonchev–Trinajstić information content (AvgIpc) is 3.10. The Labute approximate surface area is 195 Å². The summed E-state index contributed by atoms with van der Waals surface area (Å²) in [6.07, 6.45) is 0.659. The first-order valence-corrected chi connectivity index (χ1v) is 11.8. The Kier molecular flexibility index (Phi) is 5.73. The van der Waals surface area contributed by atoms with Gasteiger partial charge >= 0.3 is 0 Å². The molecule has 1 atom stereocenters. The van der Waals surface area contributed by atoms with Crippen molar-refractivity contribution in [1.82, 2.24) is 15.1 Å². The van der Waals surface area contributed by atoms with Gasteiger partial charge in [0.25, 0.3) is 5.91 Å². The minimum atomic E-state index is -0.568. The van der Waals surface area contributed by atoms with E-state index in [1.54, 1.807) is 4.90 Å². The van der Waals surface area contributed by atoms with E-state index in [0.717, 1.165) is 42.8 Å². The molecule has 0 spiro atoms. The summed E-state index contributed by atoms with van der Waals surface area (Å²) in [5.74, 6) is -0.758. The zero-order valence-corrected chi connectivity index (χ0v) is 19.3. The molecule has 0 aliphatic carbocycles. The molecule has 3 aliphatic rings. The van der Waals surface area contributed by atoms with E-state index >= 15 is 0 Å². The van der Waals surface area contributed by atoms with E-state index in [0.29, 0.717) is 18.5 Å². The Balaban J connectivity index is 1.22. The third-order valence-corrected chi connectivity index (χ3v) is 7.23. The highest BCUT2D eigenvalue weighted by atomic mass is 79.9. The first kappa shape index (κ1) is 21.2. The lowest BCUT2D eigenvalue weighted by Crippen LogP contribution is -2.52. The molecule has 7 nitrogen and oxygen atoms in total. The van der Waals surface area contributed by atoms with Crippen LogP contribution in [0.1, 0.15) is 34.3 Å². The standard InChI is InChI=1S/C24H25BrN4O3/c25-19-3-1-2-4-20(19)28-11-9-27(10-12-28)14-16-5-6-18-17(13-16)15-29(24(18)32)21-7-8-22(30)26-23(21)31/h1-6,13,21H,7-12,14-15H2,(H,26,30,31). The predicted octanol–water partition coefficient (Wildman–Crippen LogP) is 2.53. The first-order valence-electron chi connectivity index (χ1n) is 11.0. The molecule has 5 rings (SSSR count). The van der Waals surface area contributed by atoms with Gasteiger partial charge in [-0.3, -0.25) is 24.6 Å². The number of halogens is 1. The number of nitrogens with zero attached hydrogens (tertiary/aromatic N) is 3. The molecular weight excluding hydrogens is 472 g/mol. The number of hydrogen-bond donors (Lipinski definition) is 1. The normalized spacial score (nSPS) is 21.7. The summed E-state index contributed by atoms with van der Waals surface area (Å²) >= 11 is 3.65. The first-order chi connectivity index (χ1) is 15.5. The molecule has 0 radical (unpaired) electrons. The van der Waals surface area contributed by atoms with Crippen molar-refractivity contribution in [2.75, 3.05) is 31.1 Å². The van der Waals surface area contributed by atoms with Crippen LogP contribution in [0.4, 0.5) is 5.69 Å². The molecule has 3 amide bonds. The van der Waals surface area contributed by atoms with Gasteiger partial charge in [-0.25, -0.2) is 0 Å². The van der Waals surface area contributed by atoms with E-state index in [-0.39, 0.29) is 24.1 Å². The fourth-order valence-electron chi connectivity index (χ4n) is 4.84. The summed E-state index contributed by atoms with van der Waals surface area (Å²) in [5, 5.41) is 2.35. The van der Waals surface area contributed by atoms with Crippen molar-refractivity contribution < 1.29 is 14.4 Å². The number of piperazine rings is 1. The molecule has 2 fully saturated rings. The molecule has 0 aromatic heterocycles. The number of carbonyl (C=O) groups excluding carboxylic acids is 3. The number of para-hydroxylation sites is 1. The highest BCUT2D eigenvalue weighted by Crippen LogP contribution is 2.29. The summed E-state index contributed by atoms with van der Waals surface area (Å²) in [5.41, 5.74) is 4.04. The van der Waals surface area contributed by atoms with Crippen molar-refractivity contribution in [1.29, 1.82) is 0 Å². The number of amides is 3. The summed E-state index contributed by atoms with van der Waals surface area (Å²) < 4.78 is 1.12. The molecule has 3 aliphatic heterocycles. The summed E-state index contributed by atoms with van der Waals surface area (Å²) in [6.45, 7) is 5.14. The van der Waals surface area contributed by atoms with Gasteiger partial charge in [0.05, 0.1) is 5.69 Å². The van der Waals surface area contributed by atoms with E-state index in [1.165, 1.54) is 11.3 Å². The SMILES string of the molecule is O=C1CCC(N2Cc3cc(CN4CCN(c5ccccc5Br)CC4)ccc3C2=O)C(=O)N1. The van der Waals surface area contributed by atoms with Gasteiger partial charge in [0.2, 0.25) is 11.8 Å². The Bertz CT molecular complexity index is 1080. The van der Waals surface area contributed by atoms with Gasteiger partial charge in [0, 0.05) is 55.7 Å². The molecular formula is C24H25BrN4O3. The zero-order valence-electron chi connectivity index (χ0n) is 17.7. The van der Waals surface area contributed by atoms with Crippen LogP contribution in [0.5, 0.6) is 0 Å². The van der Waals surface area contributed by atoms with Crippen molar-refractivity contribution in [2.45, 2.75) is 32.0 Å². The maximum atomic E-state index is 12.9. The van der Waals surface area contributed by atoms with E-state index in [4.69, 9.17) is 0 Å². The zero-order chi connectivity index (χ0) is 22.2. The monoisotopic (exact) mass is 496 g/mol. The maximum Gasteiger partial charge on any atom is 0.255 e. The van der Waals surface area contributed by atoms with Crippen LogP contribution in [-0.4, -0.2) is 59.7 Å². The summed E-state index contributed by atoms with van der Waals surface area (Å²) in [6, 6.07) is 13.7. The number of imide groups is 1. The van der Waals surface area contributed by atoms with Gasteiger partial charge < -0.3 is 9.80 Å². The molecule has 1 N–H and O–H groups in total. The molecule has 2 saturated heterocycles. The van der Waals surface area contributed by atoms with Gasteiger partial charge in [-0.1, -0.05) is 24.3 Å². The highest BCUT2D eigenvalue weighted by Gasteiger charge is 2.39. The van der Waals surface area contributed by atoms with Gasteiger partial charge in [-0.05, 0) is 51.7 Å². The Hall–Kier alpha value is -2.71. The Morgan fingerprint density at radius 1 is 1.00 bits per heavy atom. The number of fused-ring (bicyclic) bond motifs is 1. The lowest BCUT2D eigenvalue weighted by atomic mass is 10.0. The van der Waals surface area contributed by atoms with Crippen LogP contribution >= 0.6 is 15.9 Å². The van der Waals surface area contributed by atoms with Crippen LogP contribution in [0.25, 0.3) is 0 Å². The number of piperidine rings is 1. The fraction of sp³-hybridized carbons (Fsp3) is 0.375. The van der Waals surface area contributed by atoms with Crippen molar-refractivity contribution in [3.05, 3.63) is 63.6 Å². The van der Waals surface area contributed by atoms with Crippen LogP contribution in [0.15, 0.2) is 46.9 Å². The number of benzene rings is 2. The maximum absolute atomic E-state index is 12.9. The number of rotatable bonds is 4. The average molecular weight is 497 g/mol. The van der Waals surface area contributed by atoms with Crippen LogP contribution in [-0.2, 0) is 22.7 Å². The van der Waals surface area contributed by atoms with Crippen LogP contribution in [0, 0.1) is 0 Å². The Morgan fingerprint density at radius 2 is 1.78 bits per heavy atom. The van der Waals surface area contributed by atoms with Gasteiger partial charge in [0.1, 0.15) is 6.04 Å². The smallest absolute Gasteiger partial charge is 0.255 e. The van der Waals surface area contributed by atoms with E-state index in [1.807, 2.05) is 18.2 Å². The van der Waals surface area contributed by atoms with Crippen LogP contribution in [0.3, 0.4) is 0 Å². The van der Waals surface area contributed by atoms with E-state index in [2.05, 4.69) is 55.3 Å². The molecule has 3 heterocycles. The molecule has 0 saturated carbocycles. The number of hydrogen-bond acceptors (Lipinski definition) is 5. The third-order valence-electron chi connectivity index (χ3n) is 6.56. The van der Waals surface area contributed by atoms with Crippen LogP contribution < -0.4 is 10.2 Å². The van der Waals surface area contributed by atoms with Crippen molar-refractivity contribution in [2.24, 2.45) is 0 Å². The number of nitrogens with one attached hydrogen (secondary N) is 1. The largest absolute Gasteiger partial charge is 0.368 e. The van der Waals surface area contributed by atoms with E-state index < -0.39 is 6.04 Å². The van der Waals surface area contributed by atoms with Crippen molar-refractivity contribution in [3.63, 3.8) is 0 Å². The minimum Gasteiger partial charge on any atom is -0.368 e. The lowest BCUT2D eigenvalue weighted by molar-refractivity contribution is -0.136. The van der Waals surface area contributed by atoms with Crippen molar-refractivity contribution >= 4 is 39.3 Å². The highest BCUT2D eigenvalue weighted by molar-refractivity contribution is 9.10. The molecule has 32 heavy (non-hydrogen) atoms. The molecule has 166 valence electrons. The second-order valence-corrected chi connectivity index (χ2v) is 9.46. The number of carbonyl (C=O) groups is 3.